The van der Waals surface area contributed by atoms with Crippen molar-refractivity contribution in [2.75, 3.05) is 26.3 Å². The Hall–Kier alpha value is -1.46. The second-order valence-electron chi connectivity index (χ2n) is 6.91. The summed E-state index contributed by atoms with van der Waals surface area (Å²) >= 11 is 0. The van der Waals surface area contributed by atoms with Gasteiger partial charge in [-0.15, -0.1) is 0 Å². The zero-order valence-electron chi connectivity index (χ0n) is 14.7. The SMILES string of the molecule is CC[C@H](NC(=O)C1(N2CCOCC2)CCCCC1)c1cccnc1. The highest BCUT2D eigenvalue weighted by atomic mass is 16.5. The van der Waals surface area contributed by atoms with Crippen molar-refractivity contribution >= 4 is 5.91 Å². The lowest BCUT2D eigenvalue weighted by atomic mass is 9.78. The molecule has 0 aromatic carbocycles. The fraction of sp³-hybridized carbons (Fsp3) is 0.684. The van der Waals surface area contributed by atoms with E-state index in [1.807, 2.05) is 18.3 Å². The normalized spacial score (nSPS) is 22.7. The first kappa shape index (κ1) is 17.4. The van der Waals surface area contributed by atoms with Gasteiger partial charge in [-0.1, -0.05) is 32.3 Å². The lowest BCUT2D eigenvalue weighted by Crippen LogP contribution is -2.62. The molecule has 1 atom stereocenters. The number of pyridine rings is 1. The fourth-order valence-electron chi connectivity index (χ4n) is 4.11. The molecule has 1 saturated carbocycles. The molecule has 3 rings (SSSR count). The Morgan fingerprint density at radius 1 is 1.33 bits per heavy atom. The second kappa shape index (κ2) is 8.08. The smallest absolute Gasteiger partial charge is 0.241 e. The zero-order valence-corrected chi connectivity index (χ0v) is 14.7. The van der Waals surface area contributed by atoms with Gasteiger partial charge < -0.3 is 10.1 Å². The lowest BCUT2D eigenvalue weighted by Gasteiger charge is -2.47. The van der Waals surface area contributed by atoms with Crippen molar-refractivity contribution in [1.29, 1.82) is 0 Å². The molecule has 1 aliphatic carbocycles. The molecule has 2 fully saturated rings. The molecule has 0 unspecified atom stereocenters. The Balaban J connectivity index is 1.77. The molecule has 1 amide bonds. The van der Waals surface area contributed by atoms with Crippen LogP contribution in [0.15, 0.2) is 24.5 Å². The molecule has 5 nitrogen and oxygen atoms in total. The van der Waals surface area contributed by atoms with Gasteiger partial charge in [0.1, 0.15) is 5.54 Å². The van der Waals surface area contributed by atoms with Gasteiger partial charge in [0.2, 0.25) is 5.91 Å². The van der Waals surface area contributed by atoms with E-state index < -0.39 is 0 Å². The molecule has 0 radical (unpaired) electrons. The standard InChI is InChI=1S/C19H29N3O2/c1-2-17(16-7-6-10-20-15-16)21-18(23)19(8-4-3-5-9-19)22-11-13-24-14-12-22/h6-7,10,15,17H,2-5,8-9,11-14H2,1H3,(H,21,23)/t17-/m0/s1. The third-order valence-electron chi connectivity index (χ3n) is 5.52. The lowest BCUT2D eigenvalue weighted by molar-refractivity contribution is -0.141. The van der Waals surface area contributed by atoms with Gasteiger partial charge in [-0.3, -0.25) is 14.7 Å². The van der Waals surface area contributed by atoms with Gasteiger partial charge in [0.25, 0.3) is 0 Å². The maximum Gasteiger partial charge on any atom is 0.241 e. The molecule has 1 aliphatic heterocycles. The number of amides is 1. The summed E-state index contributed by atoms with van der Waals surface area (Å²) in [5.74, 6) is 0.194. The summed E-state index contributed by atoms with van der Waals surface area (Å²) in [6.07, 6.45) is 9.93. The number of carbonyl (C=O) groups excluding carboxylic acids is 1. The highest BCUT2D eigenvalue weighted by Gasteiger charge is 2.45. The summed E-state index contributed by atoms with van der Waals surface area (Å²) in [7, 11) is 0. The second-order valence-corrected chi connectivity index (χ2v) is 6.91. The molecular formula is C19H29N3O2. The van der Waals surface area contributed by atoms with Gasteiger partial charge in [0, 0.05) is 25.5 Å². The Labute approximate surface area is 144 Å². The summed E-state index contributed by atoms with van der Waals surface area (Å²) in [4.78, 5) is 19.9. The first-order valence-corrected chi connectivity index (χ1v) is 9.30. The minimum Gasteiger partial charge on any atom is -0.379 e. The zero-order chi connectivity index (χ0) is 16.8. The molecule has 0 bridgehead atoms. The van der Waals surface area contributed by atoms with E-state index in [1.54, 1.807) is 6.20 Å². The Kier molecular flexibility index (Phi) is 5.85. The Morgan fingerprint density at radius 2 is 2.08 bits per heavy atom. The van der Waals surface area contributed by atoms with Crippen LogP contribution in [-0.2, 0) is 9.53 Å². The van der Waals surface area contributed by atoms with Crippen LogP contribution < -0.4 is 5.32 Å². The van der Waals surface area contributed by atoms with Crippen LogP contribution in [0.2, 0.25) is 0 Å². The predicted molar refractivity (Wildman–Crippen MR) is 93.6 cm³/mol. The maximum atomic E-state index is 13.3. The summed E-state index contributed by atoms with van der Waals surface area (Å²) in [6, 6.07) is 4.01. The molecule has 1 N–H and O–H groups in total. The van der Waals surface area contributed by atoms with Crippen LogP contribution in [0.4, 0.5) is 0 Å². The van der Waals surface area contributed by atoms with Crippen LogP contribution in [0.25, 0.3) is 0 Å². The monoisotopic (exact) mass is 331 g/mol. The van der Waals surface area contributed by atoms with E-state index >= 15 is 0 Å². The number of rotatable bonds is 5. The molecule has 5 heteroatoms. The number of aromatic nitrogens is 1. The molecule has 132 valence electrons. The number of morpholine rings is 1. The van der Waals surface area contributed by atoms with Crippen molar-refractivity contribution < 1.29 is 9.53 Å². The molecule has 1 saturated heterocycles. The van der Waals surface area contributed by atoms with Crippen molar-refractivity contribution in [2.45, 2.75) is 57.0 Å². The number of carbonyl (C=O) groups is 1. The van der Waals surface area contributed by atoms with Crippen molar-refractivity contribution in [1.82, 2.24) is 15.2 Å². The van der Waals surface area contributed by atoms with Gasteiger partial charge in [0.05, 0.1) is 19.3 Å². The van der Waals surface area contributed by atoms with Gasteiger partial charge in [-0.2, -0.15) is 0 Å². The highest BCUT2D eigenvalue weighted by Crippen LogP contribution is 2.35. The van der Waals surface area contributed by atoms with Crippen LogP contribution in [0, 0.1) is 0 Å². The Morgan fingerprint density at radius 3 is 2.71 bits per heavy atom. The van der Waals surface area contributed by atoms with Gasteiger partial charge >= 0.3 is 0 Å². The number of nitrogens with zero attached hydrogens (tertiary/aromatic N) is 2. The molecular weight excluding hydrogens is 302 g/mol. The molecule has 24 heavy (non-hydrogen) atoms. The highest BCUT2D eigenvalue weighted by molar-refractivity contribution is 5.86. The maximum absolute atomic E-state index is 13.3. The summed E-state index contributed by atoms with van der Waals surface area (Å²) in [5.41, 5.74) is 0.735. The average molecular weight is 331 g/mol. The molecule has 2 heterocycles. The van der Waals surface area contributed by atoms with E-state index in [-0.39, 0.29) is 17.5 Å². The Bertz CT molecular complexity index is 523. The number of ether oxygens (including phenoxy) is 1. The van der Waals surface area contributed by atoms with Crippen LogP contribution in [0.5, 0.6) is 0 Å². The average Bonchev–Trinajstić information content (AvgIpc) is 2.67. The van der Waals surface area contributed by atoms with E-state index in [1.165, 1.54) is 6.42 Å². The van der Waals surface area contributed by atoms with E-state index in [0.717, 1.165) is 64.0 Å². The largest absolute Gasteiger partial charge is 0.379 e. The van der Waals surface area contributed by atoms with E-state index in [2.05, 4.69) is 22.1 Å². The third kappa shape index (κ3) is 3.62. The van der Waals surface area contributed by atoms with Gasteiger partial charge in [-0.25, -0.2) is 0 Å². The van der Waals surface area contributed by atoms with Crippen molar-refractivity contribution in [3.05, 3.63) is 30.1 Å². The number of hydrogen-bond donors (Lipinski definition) is 1. The minimum absolute atomic E-state index is 0.0334. The molecule has 1 aromatic rings. The van der Waals surface area contributed by atoms with Gasteiger partial charge in [-0.05, 0) is 30.9 Å². The van der Waals surface area contributed by atoms with Crippen LogP contribution in [0.1, 0.15) is 57.1 Å². The topological polar surface area (TPSA) is 54.5 Å². The first-order chi connectivity index (χ1) is 11.8. The number of nitrogens with one attached hydrogen (secondary N) is 1. The van der Waals surface area contributed by atoms with E-state index in [9.17, 15) is 4.79 Å². The molecule has 2 aliphatic rings. The molecule has 1 aromatic heterocycles. The third-order valence-corrected chi connectivity index (χ3v) is 5.52. The first-order valence-electron chi connectivity index (χ1n) is 9.30. The van der Waals surface area contributed by atoms with E-state index in [4.69, 9.17) is 4.74 Å². The van der Waals surface area contributed by atoms with Crippen LogP contribution in [0.3, 0.4) is 0 Å². The summed E-state index contributed by atoms with van der Waals surface area (Å²) < 4.78 is 5.51. The summed E-state index contributed by atoms with van der Waals surface area (Å²) in [5, 5.41) is 3.33. The predicted octanol–water partition coefficient (Wildman–Crippen LogP) is 2.68. The van der Waals surface area contributed by atoms with Crippen molar-refractivity contribution in [3.8, 4) is 0 Å². The van der Waals surface area contributed by atoms with Crippen molar-refractivity contribution in [3.63, 3.8) is 0 Å². The van der Waals surface area contributed by atoms with Gasteiger partial charge in [0.15, 0.2) is 0 Å². The summed E-state index contributed by atoms with van der Waals surface area (Å²) in [6.45, 7) is 5.29. The molecule has 0 spiro atoms. The fourth-order valence-corrected chi connectivity index (χ4v) is 4.11. The van der Waals surface area contributed by atoms with E-state index in [0.29, 0.717) is 0 Å². The van der Waals surface area contributed by atoms with Crippen molar-refractivity contribution in [2.24, 2.45) is 0 Å². The quantitative estimate of drug-likeness (QED) is 0.901. The van der Waals surface area contributed by atoms with Crippen LogP contribution >= 0.6 is 0 Å². The van der Waals surface area contributed by atoms with Crippen LogP contribution in [-0.4, -0.2) is 47.6 Å². The minimum atomic E-state index is -0.350. The number of hydrogen-bond acceptors (Lipinski definition) is 4.